The first-order valence-electron chi connectivity index (χ1n) is 17.4. The van der Waals surface area contributed by atoms with E-state index in [1.165, 1.54) is 5.19 Å². The van der Waals surface area contributed by atoms with Gasteiger partial charge in [-0.1, -0.05) is 170 Å². The number of methoxy groups -OCH3 is 1. The maximum absolute atomic E-state index is 7.04. The Balaban J connectivity index is 1.41. The summed E-state index contributed by atoms with van der Waals surface area (Å²) in [6.07, 6.45) is -2.95. The van der Waals surface area contributed by atoms with Gasteiger partial charge in [-0.05, 0) is 22.3 Å². The van der Waals surface area contributed by atoms with E-state index in [0.717, 1.165) is 22.3 Å². The van der Waals surface area contributed by atoms with Gasteiger partial charge in [0.25, 0.3) is 0 Å². The monoisotopic (exact) mass is 688 g/mol. The minimum Gasteiger partial charge on any atom is -0.374 e. The van der Waals surface area contributed by atoms with E-state index in [4.69, 9.17) is 28.4 Å². The molecule has 1 fully saturated rings. The first kappa shape index (κ1) is 35.9. The molecule has 6 nitrogen and oxygen atoms in total. The van der Waals surface area contributed by atoms with Gasteiger partial charge in [-0.2, -0.15) is 0 Å². The minimum absolute atomic E-state index is 0.332. The van der Waals surface area contributed by atoms with Crippen molar-refractivity contribution >= 4 is 13.3 Å². The SMILES string of the molecule is CO[C@H]1O[C@H](C(OCc2ccccc2)[Si](C)(C)c2ccccc2)[C@@H](OCc2ccccc2)[C@H](OCc2ccccc2)[C@H]1OCc1ccccc1. The van der Waals surface area contributed by atoms with Crippen LogP contribution in [-0.4, -0.2) is 51.6 Å². The molecule has 0 amide bonds. The Labute approximate surface area is 297 Å². The fraction of sp³-hybridized carbons (Fsp3) is 0.302. The maximum atomic E-state index is 7.04. The molecule has 1 aliphatic heterocycles. The molecular weight excluding hydrogens is 641 g/mol. The first-order chi connectivity index (χ1) is 24.5. The van der Waals surface area contributed by atoms with Crippen molar-refractivity contribution in [2.45, 2.75) is 76.0 Å². The van der Waals surface area contributed by atoms with E-state index in [9.17, 15) is 0 Å². The summed E-state index contributed by atoms with van der Waals surface area (Å²) in [6, 6.07) is 51.5. The largest absolute Gasteiger partial charge is 0.374 e. The van der Waals surface area contributed by atoms with Crippen LogP contribution >= 0.6 is 0 Å². The average Bonchev–Trinajstić information content (AvgIpc) is 3.17. The van der Waals surface area contributed by atoms with Crippen LogP contribution < -0.4 is 5.19 Å². The zero-order valence-electron chi connectivity index (χ0n) is 29.2. The van der Waals surface area contributed by atoms with E-state index < -0.39 is 38.8 Å². The minimum atomic E-state index is -2.43. The van der Waals surface area contributed by atoms with Gasteiger partial charge in [0, 0.05) is 7.11 Å². The fourth-order valence-corrected chi connectivity index (χ4v) is 9.60. The summed E-state index contributed by atoms with van der Waals surface area (Å²) in [5.41, 5.74) is 3.93. The molecule has 0 aromatic heterocycles. The van der Waals surface area contributed by atoms with E-state index in [0.29, 0.717) is 26.4 Å². The van der Waals surface area contributed by atoms with Crippen molar-refractivity contribution in [3.8, 4) is 0 Å². The van der Waals surface area contributed by atoms with Gasteiger partial charge in [-0.25, -0.2) is 0 Å². The predicted octanol–water partition coefficient (Wildman–Crippen LogP) is 7.85. The molecule has 6 atom stereocenters. The highest BCUT2D eigenvalue weighted by Gasteiger charge is 2.55. The molecule has 260 valence electrons. The third-order valence-electron chi connectivity index (χ3n) is 9.42. The smallest absolute Gasteiger partial charge is 0.186 e. The lowest BCUT2D eigenvalue weighted by Crippen LogP contribution is -2.69. The normalized spacial score (nSPS) is 21.5. The van der Waals surface area contributed by atoms with E-state index in [2.05, 4.69) is 92.0 Å². The molecule has 0 bridgehead atoms. The van der Waals surface area contributed by atoms with Crippen LogP contribution in [-0.2, 0) is 54.8 Å². The lowest BCUT2D eigenvalue weighted by molar-refractivity contribution is -0.327. The van der Waals surface area contributed by atoms with Gasteiger partial charge in [-0.15, -0.1) is 0 Å². The van der Waals surface area contributed by atoms with E-state index in [1.807, 2.05) is 72.8 Å². The summed E-state index contributed by atoms with van der Waals surface area (Å²) in [7, 11) is -0.765. The lowest BCUT2D eigenvalue weighted by Gasteiger charge is -2.50. The van der Waals surface area contributed by atoms with Gasteiger partial charge in [0.2, 0.25) is 0 Å². The third-order valence-corrected chi connectivity index (χ3v) is 13.2. The number of benzene rings is 5. The third kappa shape index (κ3) is 9.24. The Hall–Kier alpha value is -3.92. The van der Waals surface area contributed by atoms with Crippen LogP contribution in [0, 0.1) is 0 Å². The van der Waals surface area contributed by atoms with Crippen molar-refractivity contribution < 1.29 is 28.4 Å². The number of hydrogen-bond acceptors (Lipinski definition) is 6. The van der Waals surface area contributed by atoms with Crippen molar-refractivity contribution in [2.24, 2.45) is 0 Å². The highest BCUT2D eigenvalue weighted by Crippen LogP contribution is 2.36. The Kier molecular flexibility index (Phi) is 12.8. The van der Waals surface area contributed by atoms with Crippen molar-refractivity contribution in [2.75, 3.05) is 7.11 Å². The summed E-state index contributed by atoms with van der Waals surface area (Å²) >= 11 is 0. The second kappa shape index (κ2) is 17.8. The molecule has 0 radical (unpaired) electrons. The predicted molar refractivity (Wildman–Crippen MR) is 199 cm³/mol. The Morgan fingerprint density at radius 2 is 0.880 bits per heavy atom. The van der Waals surface area contributed by atoms with E-state index in [1.54, 1.807) is 7.11 Å². The molecule has 5 aromatic carbocycles. The van der Waals surface area contributed by atoms with E-state index in [-0.39, 0.29) is 5.73 Å². The molecule has 5 aromatic rings. The van der Waals surface area contributed by atoms with Crippen LogP contribution in [0.3, 0.4) is 0 Å². The molecule has 6 rings (SSSR count). The summed E-state index contributed by atoms with van der Waals surface area (Å²) in [5, 5.41) is 1.27. The highest BCUT2D eigenvalue weighted by molar-refractivity contribution is 6.91. The van der Waals surface area contributed by atoms with Gasteiger partial charge in [0.15, 0.2) is 6.29 Å². The fourth-order valence-electron chi connectivity index (χ4n) is 6.63. The van der Waals surface area contributed by atoms with Crippen molar-refractivity contribution in [3.63, 3.8) is 0 Å². The van der Waals surface area contributed by atoms with Crippen LogP contribution in [0.25, 0.3) is 0 Å². The summed E-state index contributed by atoms with van der Waals surface area (Å²) in [4.78, 5) is 0. The second-order valence-electron chi connectivity index (χ2n) is 13.3. The molecule has 50 heavy (non-hydrogen) atoms. The first-order valence-corrected chi connectivity index (χ1v) is 20.5. The zero-order chi connectivity index (χ0) is 34.6. The Morgan fingerprint density at radius 1 is 0.500 bits per heavy atom. The summed E-state index contributed by atoms with van der Waals surface area (Å²) in [6.45, 7) is 6.23. The molecule has 0 N–H and O–H groups in total. The maximum Gasteiger partial charge on any atom is 0.186 e. The van der Waals surface area contributed by atoms with Gasteiger partial charge in [-0.3, -0.25) is 0 Å². The highest BCUT2D eigenvalue weighted by atomic mass is 28.3. The van der Waals surface area contributed by atoms with Gasteiger partial charge in [0.1, 0.15) is 32.5 Å². The summed E-state index contributed by atoms with van der Waals surface area (Å²) < 4.78 is 40.8. The lowest BCUT2D eigenvalue weighted by atomic mass is 9.97. The molecule has 0 spiro atoms. The molecule has 0 saturated carbocycles. The van der Waals surface area contributed by atoms with Gasteiger partial charge >= 0.3 is 0 Å². The van der Waals surface area contributed by atoms with Crippen LogP contribution in [0.5, 0.6) is 0 Å². The quantitative estimate of drug-likeness (QED) is 0.0985. The zero-order valence-corrected chi connectivity index (χ0v) is 30.2. The van der Waals surface area contributed by atoms with Gasteiger partial charge in [0.05, 0.1) is 32.2 Å². The molecule has 1 saturated heterocycles. The number of hydrogen-bond donors (Lipinski definition) is 0. The molecule has 7 heteroatoms. The Morgan fingerprint density at radius 3 is 1.32 bits per heavy atom. The molecular formula is C43H48O6Si. The topological polar surface area (TPSA) is 55.4 Å². The average molecular weight is 689 g/mol. The molecule has 0 aliphatic carbocycles. The van der Waals surface area contributed by atoms with Crippen LogP contribution in [0.4, 0.5) is 0 Å². The van der Waals surface area contributed by atoms with Crippen molar-refractivity contribution in [1.82, 2.24) is 0 Å². The summed E-state index contributed by atoms with van der Waals surface area (Å²) in [5.74, 6) is 0. The van der Waals surface area contributed by atoms with Crippen LogP contribution in [0.1, 0.15) is 22.3 Å². The van der Waals surface area contributed by atoms with E-state index >= 15 is 0 Å². The van der Waals surface area contributed by atoms with Crippen LogP contribution in [0.2, 0.25) is 13.1 Å². The molecule has 1 heterocycles. The Bertz CT molecular complexity index is 1670. The van der Waals surface area contributed by atoms with Crippen molar-refractivity contribution in [3.05, 3.63) is 174 Å². The number of rotatable bonds is 16. The molecule has 1 unspecified atom stereocenters. The standard InChI is InChI=1S/C43H48O6Si/c1-44-42-40(47-31-35-23-13-6-14-24-35)38(45-29-33-19-9-4-10-20-33)39(46-30-34-21-11-5-12-22-34)41(49-42)43(48-32-36-25-15-7-16-26-36)50(2,3)37-27-17-8-18-28-37/h4-28,38-43H,29-32H2,1-3H3/t38-,39-,40+,41-,42-,43?/m0/s1. The molecule has 1 aliphatic rings. The number of ether oxygens (including phenoxy) is 6. The van der Waals surface area contributed by atoms with Gasteiger partial charge < -0.3 is 28.4 Å². The second-order valence-corrected chi connectivity index (χ2v) is 17.9. The van der Waals surface area contributed by atoms with Crippen molar-refractivity contribution in [1.29, 1.82) is 0 Å². The van der Waals surface area contributed by atoms with Crippen LogP contribution in [0.15, 0.2) is 152 Å².